The molecule has 186 valence electrons. The second-order valence-electron chi connectivity index (χ2n) is 7.09. The summed E-state index contributed by atoms with van der Waals surface area (Å²) in [4.78, 5) is 52.8. The van der Waals surface area contributed by atoms with E-state index in [1.165, 1.54) is 34.5 Å². The number of thioether (sulfide) groups is 2. The average molecular weight is 546 g/mol. The number of carbonyl (C=O) groups excluding carboxylic acids is 2. The SMILES string of the molecule is C=CCON=C(C(=O)NC1C(=O)N2C(C(=O)O)=C(S/C=C/c3ccccn3)CS[C@@H]12)c1nsc(N)n1. The highest BCUT2D eigenvalue weighted by molar-refractivity contribution is 8.08. The number of aromatic nitrogens is 3. The molecule has 2 amide bonds. The summed E-state index contributed by atoms with van der Waals surface area (Å²) in [5.74, 6) is -2.25. The van der Waals surface area contributed by atoms with Crippen LogP contribution in [0.15, 0.2) is 58.2 Å². The predicted molar refractivity (Wildman–Crippen MR) is 138 cm³/mol. The van der Waals surface area contributed by atoms with Gasteiger partial charge in [0.2, 0.25) is 11.5 Å². The van der Waals surface area contributed by atoms with Crippen molar-refractivity contribution < 1.29 is 24.3 Å². The minimum atomic E-state index is -1.23. The predicted octanol–water partition coefficient (Wildman–Crippen LogP) is 1.52. The Kier molecular flexibility index (Phi) is 8.02. The van der Waals surface area contributed by atoms with E-state index in [0.29, 0.717) is 10.7 Å². The van der Waals surface area contributed by atoms with Crippen molar-refractivity contribution >= 4 is 69.8 Å². The molecule has 0 saturated carbocycles. The molecule has 2 aromatic heterocycles. The number of anilines is 1. The fourth-order valence-electron chi connectivity index (χ4n) is 3.22. The van der Waals surface area contributed by atoms with Crippen LogP contribution in [0.4, 0.5) is 5.13 Å². The van der Waals surface area contributed by atoms with Gasteiger partial charge in [-0.2, -0.15) is 9.36 Å². The molecule has 12 nitrogen and oxygen atoms in total. The summed E-state index contributed by atoms with van der Waals surface area (Å²) >= 11 is 3.42. The zero-order valence-electron chi connectivity index (χ0n) is 18.4. The Morgan fingerprint density at radius 3 is 2.94 bits per heavy atom. The van der Waals surface area contributed by atoms with E-state index in [1.807, 2.05) is 12.1 Å². The number of carboxylic acid groups (broad SMARTS) is 1. The molecule has 4 heterocycles. The molecule has 1 saturated heterocycles. The second-order valence-corrected chi connectivity index (χ2v) is 9.98. The van der Waals surface area contributed by atoms with Crippen LogP contribution < -0.4 is 11.1 Å². The molecule has 36 heavy (non-hydrogen) atoms. The number of nitrogens with zero attached hydrogens (tertiary/aromatic N) is 5. The lowest BCUT2D eigenvalue weighted by Gasteiger charge is -2.49. The van der Waals surface area contributed by atoms with Gasteiger partial charge in [0.1, 0.15) is 23.7 Å². The molecule has 4 rings (SSSR count). The lowest BCUT2D eigenvalue weighted by atomic mass is 10.0. The van der Waals surface area contributed by atoms with E-state index in [4.69, 9.17) is 10.6 Å². The number of amides is 2. The fraction of sp³-hybridized carbons (Fsp3) is 0.190. The van der Waals surface area contributed by atoms with Gasteiger partial charge in [-0.1, -0.05) is 35.6 Å². The lowest BCUT2D eigenvalue weighted by molar-refractivity contribution is -0.150. The number of carbonyl (C=O) groups is 3. The highest BCUT2D eigenvalue weighted by Gasteiger charge is 2.54. The molecule has 2 aliphatic heterocycles. The molecule has 15 heteroatoms. The van der Waals surface area contributed by atoms with E-state index in [1.54, 1.807) is 23.7 Å². The van der Waals surface area contributed by atoms with Gasteiger partial charge in [0.25, 0.3) is 11.8 Å². The van der Waals surface area contributed by atoms with Gasteiger partial charge < -0.3 is 21.0 Å². The molecule has 1 unspecified atom stereocenters. The molecule has 2 atom stereocenters. The number of hydrogen-bond acceptors (Lipinski definition) is 12. The monoisotopic (exact) mass is 545 g/mol. The summed E-state index contributed by atoms with van der Waals surface area (Å²) in [5.41, 5.74) is 5.96. The number of rotatable bonds is 10. The first kappa shape index (κ1) is 25.4. The highest BCUT2D eigenvalue weighted by atomic mass is 32.2. The van der Waals surface area contributed by atoms with Crippen LogP contribution in [-0.2, 0) is 19.2 Å². The minimum absolute atomic E-state index is 0.0347. The summed E-state index contributed by atoms with van der Waals surface area (Å²) in [6.07, 6.45) is 4.85. The molecule has 0 bridgehead atoms. The number of pyridine rings is 1. The van der Waals surface area contributed by atoms with E-state index in [9.17, 15) is 19.5 Å². The second kappa shape index (κ2) is 11.4. The Morgan fingerprint density at radius 2 is 2.28 bits per heavy atom. The van der Waals surface area contributed by atoms with Gasteiger partial charge in [0, 0.05) is 28.4 Å². The van der Waals surface area contributed by atoms with Crippen molar-refractivity contribution in [2.45, 2.75) is 11.4 Å². The van der Waals surface area contributed by atoms with E-state index >= 15 is 0 Å². The molecule has 2 aromatic rings. The first-order valence-corrected chi connectivity index (χ1v) is 13.0. The van der Waals surface area contributed by atoms with Crippen LogP contribution in [0.5, 0.6) is 0 Å². The number of carboxylic acids is 1. The molecular weight excluding hydrogens is 526 g/mol. The summed E-state index contributed by atoms with van der Waals surface area (Å²) in [6, 6.07) is 4.49. The topological polar surface area (TPSA) is 173 Å². The molecule has 0 aromatic carbocycles. The molecule has 0 aliphatic carbocycles. The van der Waals surface area contributed by atoms with E-state index in [0.717, 1.165) is 17.2 Å². The smallest absolute Gasteiger partial charge is 0.353 e. The van der Waals surface area contributed by atoms with Gasteiger partial charge in [-0.25, -0.2) is 4.79 Å². The Balaban J connectivity index is 1.49. The number of oxime groups is 1. The molecule has 2 aliphatic rings. The van der Waals surface area contributed by atoms with Crippen molar-refractivity contribution in [3.8, 4) is 0 Å². The van der Waals surface area contributed by atoms with Gasteiger partial charge >= 0.3 is 5.97 Å². The van der Waals surface area contributed by atoms with Crippen LogP contribution in [0.2, 0.25) is 0 Å². The van der Waals surface area contributed by atoms with E-state index < -0.39 is 29.2 Å². The maximum absolute atomic E-state index is 12.9. The maximum atomic E-state index is 12.9. The van der Waals surface area contributed by atoms with Crippen LogP contribution in [0.3, 0.4) is 0 Å². The van der Waals surface area contributed by atoms with Crippen molar-refractivity contribution in [2.24, 2.45) is 5.16 Å². The number of nitrogen functional groups attached to an aromatic ring is 1. The number of hydrogen-bond donors (Lipinski definition) is 3. The van der Waals surface area contributed by atoms with Crippen LogP contribution in [0, 0.1) is 0 Å². The minimum Gasteiger partial charge on any atom is -0.477 e. The van der Waals surface area contributed by atoms with Crippen molar-refractivity contribution in [1.82, 2.24) is 24.6 Å². The molecular formula is C21H19N7O5S3. The van der Waals surface area contributed by atoms with Gasteiger partial charge in [-0.3, -0.25) is 19.5 Å². The number of β-lactam (4-membered cyclic amide) rings is 1. The lowest BCUT2D eigenvalue weighted by Crippen LogP contribution is -2.71. The Labute approximate surface area is 217 Å². The quantitative estimate of drug-likeness (QED) is 0.130. The van der Waals surface area contributed by atoms with Crippen LogP contribution >= 0.6 is 35.1 Å². The zero-order chi connectivity index (χ0) is 25.7. The molecule has 1 fully saturated rings. The first-order chi connectivity index (χ1) is 17.4. The molecule has 4 N–H and O–H groups in total. The third kappa shape index (κ3) is 5.42. The van der Waals surface area contributed by atoms with Crippen molar-refractivity contribution in [1.29, 1.82) is 0 Å². The normalized spacial score (nSPS) is 19.6. The van der Waals surface area contributed by atoms with Gasteiger partial charge in [0.15, 0.2) is 5.13 Å². The zero-order valence-corrected chi connectivity index (χ0v) is 20.9. The van der Waals surface area contributed by atoms with Crippen molar-refractivity contribution in [2.75, 3.05) is 18.1 Å². The van der Waals surface area contributed by atoms with Crippen molar-refractivity contribution in [3.05, 3.63) is 64.6 Å². The largest absolute Gasteiger partial charge is 0.477 e. The summed E-state index contributed by atoms with van der Waals surface area (Å²) < 4.78 is 3.97. The number of nitrogens with two attached hydrogens (primary N) is 1. The van der Waals surface area contributed by atoms with Gasteiger partial charge in [0.05, 0.1) is 5.69 Å². The van der Waals surface area contributed by atoms with E-state index in [-0.39, 0.29) is 29.0 Å². The van der Waals surface area contributed by atoms with Crippen LogP contribution in [0.25, 0.3) is 6.08 Å². The summed E-state index contributed by atoms with van der Waals surface area (Å²) in [5, 5.41) is 17.4. The van der Waals surface area contributed by atoms with Crippen LogP contribution in [0.1, 0.15) is 11.5 Å². The first-order valence-electron chi connectivity index (χ1n) is 10.3. The summed E-state index contributed by atoms with van der Waals surface area (Å²) in [6.45, 7) is 3.54. The highest BCUT2D eigenvalue weighted by Crippen LogP contribution is 2.43. The average Bonchev–Trinajstić information content (AvgIpc) is 3.30. The van der Waals surface area contributed by atoms with Gasteiger partial charge in [-0.05, 0) is 23.6 Å². The summed E-state index contributed by atoms with van der Waals surface area (Å²) in [7, 11) is 0. The standard InChI is InChI=1S/C21H19N7O5S3/c1-2-8-33-26-13(16-25-21(22)36-27-16)17(29)24-14-18(30)28-15(20(31)32)12(10-35-19(14)28)34-9-6-11-5-3-4-7-23-11/h2-7,9,14,19H,1,8,10H2,(H,24,29)(H,31,32)(H2,22,25,27)/b9-6+,26-13?/t14?,19-/m0/s1. The fourth-order valence-corrected chi connectivity index (χ4v) is 6.00. The Bertz CT molecular complexity index is 1280. The number of nitrogens with one attached hydrogen (secondary N) is 1. The van der Waals surface area contributed by atoms with Crippen molar-refractivity contribution in [3.63, 3.8) is 0 Å². The maximum Gasteiger partial charge on any atom is 0.353 e. The number of fused-ring (bicyclic) bond motifs is 1. The van der Waals surface area contributed by atoms with Gasteiger partial charge in [-0.15, -0.1) is 11.8 Å². The Morgan fingerprint density at radius 1 is 1.44 bits per heavy atom. The third-order valence-electron chi connectivity index (χ3n) is 4.78. The molecule has 0 spiro atoms. The van der Waals surface area contributed by atoms with Crippen LogP contribution in [-0.4, -0.2) is 71.6 Å². The third-order valence-corrected chi connectivity index (χ3v) is 7.68. The molecule has 0 radical (unpaired) electrons. The number of aliphatic carboxylic acids is 1. The van der Waals surface area contributed by atoms with E-state index in [2.05, 4.69) is 31.4 Å². The Hall–Kier alpha value is -3.69.